The Morgan fingerprint density at radius 1 is 1.29 bits per heavy atom. The third-order valence-corrected chi connectivity index (χ3v) is 3.12. The number of aryl methyl sites for hydroxylation is 2. The van der Waals surface area contributed by atoms with Gasteiger partial charge in [-0.05, 0) is 19.1 Å². The van der Waals surface area contributed by atoms with Crippen molar-refractivity contribution in [1.82, 2.24) is 14.8 Å². The lowest BCUT2D eigenvalue weighted by atomic mass is 9.90. The van der Waals surface area contributed by atoms with Crippen molar-refractivity contribution in [3.05, 3.63) is 35.2 Å². The number of nitrogens with two attached hydrogens (primary N) is 1. The molecule has 6 nitrogen and oxygen atoms in total. The van der Waals surface area contributed by atoms with Gasteiger partial charge in [0.2, 0.25) is 0 Å². The quantitative estimate of drug-likeness (QED) is 0.887. The molecule has 0 aliphatic carbocycles. The van der Waals surface area contributed by atoms with E-state index in [9.17, 15) is 4.79 Å². The molecule has 0 radical (unpaired) electrons. The highest BCUT2D eigenvalue weighted by Gasteiger charge is 2.19. The summed E-state index contributed by atoms with van der Waals surface area (Å²) in [6.07, 6.45) is 0. The summed E-state index contributed by atoms with van der Waals surface area (Å²) < 4.78 is 1.63. The van der Waals surface area contributed by atoms with Gasteiger partial charge in [0.05, 0.1) is 5.69 Å². The van der Waals surface area contributed by atoms with Crippen molar-refractivity contribution in [2.24, 2.45) is 7.05 Å². The summed E-state index contributed by atoms with van der Waals surface area (Å²) in [4.78, 5) is 16.7. The molecule has 0 aliphatic rings. The van der Waals surface area contributed by atoms with Gasteiger partial charge in [-0.2, -0.15) is 5.10 Å². The van der Waals surface area contributed by atoms with Gasteiger partial charge in [0.1, 0.15) is 11.6 Å². The summed E-state index contributed by atoms with van der Waals surface area (Å²) >= 11 is 0. The number of carbonyl (C=O) groups is 1. The van der Waals surface area contributed by atoms with Crippen LogP contribution in [0.3, 0.4) is 0 Å². The van der Waals surface area contributed by atoms with Gasteiger partial charge >= 0.3 is 0 Å². The Morgan fingerprint density at radius 2 is 1.95 bits per heavy atom. The molecule has 0 atom stereocenters. The van der Waals surface area contributed by atoms with Crippen LogP contribution in [0.4, 0.5) is 11.6 Å². The van der Waals surface area contributed by atoms with Crippen LogP contribution in [0.25, 0.3) is 0 Å². The first kappa shape index (κ1) is 15.0. The van der Waals surface area contributed by atoms with Crippen molar-refractivity contribution in [3.63, 3.8) is 0 Å². The number of nitrogen functional groups attached to an aromatic ring is 1. The van der Waals surface area contributed by atoms with Gasteiger partial charge in [-0.3, -0.25) is 9.48 Å². The van der Waals surface area contributed by atoms with Crippen molar-refractivity contribution in [1.29, 1.82) is 0 Å². The number of nitrogens with zero attached hydrogens (tertiary/aromatic N) is 3. The topological polar surface area (TPSA) is 85.8 Å². The maximum Gasteiger partial charge on any atom is 0.257 e. The van der Waals surface area contributed by atoms with Gasteiger partial charge < -0.3 is 11.1 Å². The van der Waals surface area contributed by atoms with Crippen LogP contribution in [0.15, 0.2) is 18.2 Å². The zero-order valence-corrected chi connectivity index (χ0v) is 13.1. The fourth-order valence-corrected chi connectivity index (χ4v) is 1.98. The smallest absolute Gasteiger partial charge is 0.257 e. The zero-order chi connectivity index (χ0) is 15.8. The van der Waals surface area contributed by atoms with E-state index < -0.39 is 0 Å². The van der Waals surface area contributed by atoms with Crippen LogP contribution in [-0.4, -0.2) is 20.7 Å². The van der Waals surface area contributed by atoms with E-state index in [1.54, 1.807) is 23.9 Å². The fourth-order valence-electron chi connectivity index (χ4n) is 1.98. The predicted molar refractivity (Wildman–Crippen MR) is 83.2 cm³/mol. The molecule has 0 aromatic carbocycles. The molecule has 0 fully saturated rings. The van der Waals surface area contributed by atoms with Crippen molar-refractivity contribution in [3.8, 4) is 0 Å². The van der Waals surface area contributed by atoms with Crippen LogP contribution in [0, 0.1) is 6.92 Å². The van der Waals surface area contributed by atoms with Crippen LogP contribution in [0.1, 0.15) is 42.5 Å². The van der Waals surface area contributed by atoms with E-state index in [1.165, 1.54) is 0 Å². The molecule has 0 saturated carbocycles. The molecule has 2 aromatic heterocycles. The van der Waals surface area contributed by atoms with E-state index in [0.717, 1.165) is 11.4 Å². The van der Waals surface area contributed by atoms with E-state index in [0.29, 0.717) is 17.2 Å². The van der Waals surface area contributed by atoms with Crippen LogP contribution >= 0.6 is 0 Å². The molecule has 3 N–H and O–H groups in total. The Hall–Kier alpha value is -2.37. The summed E-state index contributed by atoms with van der Waals surface area (Å²) in [7, 11) is 1.78. The molecule has 112 valence electrons. The number of amides is 1. The highest BCUT2D eigenvalue weighted by molar-refractivity contribution is 6.04. The third-order valence-electron chi connectivity index (χ3n) is 3.12. The minimum absolute atomic E-state index is 0.173. The summed E-state index contributed by atoms with van der Waals surface area (Å²) in [5, 5.41) is 7.03. The molecule has 0 saturated heterocycles. The standard InChI is InChI=1S/C15H21N5O/c1-9-6-13(20(5)19-9)18-14(21)10-7-11(15(2,3)4)17-12(16)8-10/h6-8H,1-5H3,(H2,16,17)(H,18,21). The summed E-state index contributed by atoms with van der Waals surface area (Å²) in [5.74, 6) is 0.761. The predicted octanol–water partition coefficient (Wildman–Crippen LogP) is 2.26. The second kappa shape index (κ2) is 5.20. The number of rotatable bonds is 2. The molecule has 21 heavy (non-hydrogen) atoms. The number of hydrogen-bond acceptors (Lipinski definition) is 4. The van der Waals surface area contributed by atoms with Crippen molar-refractivity contribution in [2.75, 3.05) is 11.1 Å². The number of hydrogen-bond donors (Lipinski definition) is 2. The van der Waals surface area contributed by atoms with E-state index in [2.05, 4.69) is 15.4 Å². The van der Waals surface area contributed by atoms with Gasteiger partial charge in [-0.25, -0.2) is 4.98 Å². The maximum absolute atomic E-state index is 12.4. The van der Waals surface area contributed by atoms with Crippen LogP contribution < -0.4 is 11.1 Å². The van der Waals surface area contributed by atoms with Gasteiger partial charge in [0, 0.05) is 29.8 Å². The van der Waals surface area contributed by atoms with Gasteiger partial charge in [-0.1, -0.05) is 20.8 Å². The molecule has 2 rings (SSSR count). The van der Waals surface area contributed by atoms with Gasteiger partial charge in [-0.15, -0.1) is 0 Å². The molecule has 0 bridgehead atoms. The molecular weight excluding hydrogens is 266 g/mol. The van der Waals surface area contributed by atoms with Crippen LogP contribution in [-0.2, 0) is 12.5 Å². The molecule has 1 amide bonds. The summed E-state index contributed by atoms with van der Waals surface area (Å²) in [6.45, 7) is 7.96. The highest BCUT2D eigenvalue weighted by atomic mass is 16.1. The fraction of sp³-hybridized carbons (Fsp3) is 0.400. The number of aromatic nitrogens is 3. The lowest BCUT2D eigenvalue weighted by Gasteiger charge is -2.19. The second-order valence-electron chi connectivity index (χ2n) is 6.16. The van der Waals surface area contributed by atoms with Crippen molar-refractivity contribution < 1.29 is 4.79 Å². The Bertz CT molecular complexity index is 682. The van der Waals surface area contributed by atoms with Crippen LogP contribution in [0.5, 0.6) is 0 Å². The van der Waals surface area contributed by atoms with Crippen molar-refractivity contribution >= 4 is 17.5 Å². The Kier molecular flexibility index (Phi) is 3.72. The van der Waals surface area contributed by atoms with Gasteiger partial charge in [0.25, 0.3) is 5.91 Å². The summed E-state index contributed by atoms with van der Waals surface area (Å²) in [5.41, 5.74) is 7.76. The maximum atomic E-state index is 12.4. The minimum atomic E-state index is -0.224. The number of nitrogens with one attached hydrogen (secondary N) is 1. The second-order valence-corrected chi connectivity index (χ2v) is 6.16. The van der Waals surface area contributed by atoms with Crippen LogP contribution in [0.2, 0.25) is 0 Å². The number of anilines is 2. The Morgan fingerprint density at radius 3 is 2.48 bits per heavy atom. The van der Waals surface area contributed by atoms with E-state index in [4.69, 9.17) is 5.73 Å². The summed E-state index contributed by atoms with van der Waals surface area (Å²) in [6, 6.07) is 5.16. The number of pyridine rings is 1. The lowest BCUT2D eigenvalue weighted by molar-refractivity contribution is 0.102. The zero-order valence-electron chi connectivity index (χ0n) is 13.1. The monoisotopic (exact) mass is 287 g/mol. The molecule has 0 aliphatic heterocycles. The first-order chi connectivity index (χ1) is 9.66. The normalized spacial score (nSPS) is 11.5. The number of carbonyl (C=O) groups excluding carboxylic acids is 1. The SMILES string of the molecule is Cc1cc(NC(=O)c2cc(N)nc(C(C)(C)C)c2)n(C)n1. The Labute approximate surface area is 124 Å². The molecule has 2 aromatic rings. The molecular formula is C15H21N5O. The first-order valence-corrected chi connectivity index (χ1v) is 6.77. The van der Waals surface area contributed by atoms with E-state index in [1.807, 2.05) is 33.8 Å². The van der Waals surface area contributed by atoms with Gasteiger partial charge in [0.15, 0.2) is 0 Å². The average molecular weight is 287 g/mol. The third kappa shape index (κ3) is 3.39. The average Bonchev–Trinajstić information content (AvgIpc) is 2.66. The lowest BCUT2D eigenvalue weighted by Crippen LogP contribution is -2.19. The first-order valence-electron chi connectivity index (χ1n) is 6.77. The molecule has 0 spiro atoms. The van der Waals surface area contributed by atoms with Crippen molar-refractivity contribution in [2.45, 2.75) is 33.1 Å². The Balaban J connectivity index is 2.31. The molecule has 2 heterocycles. The largest absolute Gasteiger partial charge is 0.384 e. The highest BCUT2D eigenvalue weighted by Crippen LogP contribution is 2.23. The minimum Gasteiger partial charge on any atom is -0.384 e. The molecule has 6 heteroatoms. The van der Waals surface area contributed by atoms with E-state index in [-0.39, 0.29) is 11.3 Å². The van der Waals surface area contributed by atoms with E-state index >= 15 is 0 Å². The molecule has 0 unspecified atom stereocenters.